The lowest BCUT2D eigenvalue weighted by atomic mass is 9.97. The molecule has 2 amide bonds. The van der Waals surface area contributed by atoms with Crippen LogP contribution < -0.4 is 10.2 Å². The van der Waals surface area contributed by atoms with Gasteiger partial charge in [-0.15, -0.1) is 0 Å². The number of hydrogen-bond donors (Lipinski definition) is 1. The molecule has 2 fully saturated rings. The van der Waals surface area contributed by atoms with Crippen LogP contribution in [0.1, 0.15) is 19.8 Å². The molecule has 0 bridgehead atoms. The first-order chi connectivity index (χ1) is 13.0. The van der Waals surface area contributed by atoms with E-state index in [9.17, 15) is 14.0 Å². The number of likely N-dealkylation sites (tertiary alicyclic amines) is 1. The Hall–Kier alpha value is -2.15. The molecule has 0 aliphatic carbocycles. The lowest BCUT2D eigenvalue weighted by molar-refractivity contribution is -0.133. The predicted molar refractivity (Wildman–Crippen MR) is 103 cm³/mol. The Morgan fingerprint density at radius 2 is 1.74 bits per heavy atom. The van der Waals surface area contributed by atoms with E-state index in [1.54, 1.807) is 19.1 Å². The Morgan fingerprint density at radius 1 is 1.07 bits per heavy atom. The van der Waals surface area contributed by atoms with Gasteiger partial charge in [0.05, 0.1) is 12.2 Å². The van der Waals surface area contributed by atoms with Crippen LogP contribution in [-0.2, 0) is 9.59 Å². The largest absolute Gasteiger partial charge is 0.366 e. The number of carbonyl (C=O) groups excluding carboxylic acids is 2. The minimum absolute atomic E-state index is 0.0159. The molecule has 148 valence electrons. The van der Waals surface area contributed by atoms with Crippen LogP contribution in [0.3, 0.4) is 0 Å². The third kappa shape index (κ3) is 5.42. The summed E-state index contributed by atoms with van der Waals surface area (Å²) in [6, 6.07) is 6.80. The van der Waals surface area contributed by atoms with E-state index in [1.165, 1.54) is 6.07 Å². The quantitative estimate of drug-likeness (QED) is 0.842. The number of piperazine rings is 1. The van der Waals surface area contributed by atoms with Gasteiger partial charge in [-0.3, -0.25) is 14.5 Å². The summed E-state index contributed by atoms with van der Waals surface area (Å²) in [5.74, 6) is 0.467. The Labute approximate surface area is 160 Å². The maximum atomic E-state index is 13.9. The monoisotopic (exact) mass is 376 g/mol. The highest BCUT2D eigenvalue weighted by molar-refractivity contribution is 5.78. The van der Waals surface area contributed by atoms with Crippen LogP contribution in [0.25, 0.3) is 0 Å². The zero-order chi connectivity index (χ0) is 19.2. The molecule has 0 spiro atoms. The Kier molecular flexibility index (Phi) is 6.66. The van der Waals surface area contributed by atoms with Gasteiger partial charge in [-0.05, 0) is 44.0 Å². The molecule has 2 heterocycles. The number of rotatable bonds is 5. The zero-order valence-corrected chi connectivity index (χ0v) is 16.0. The first-order valence-electron chi connectivity index (χ1n) is 9.77. The van der Waals surface area contributed by atoms with E-state index < -0.39 is 0 Å². The summed E-state index contributed by atoms with van der Waals surface area (Å²) in [5.41, 5.74) is 0.617. The number of hydrogen-bond acceptors (Lipinski definition) is 4. The SMILES string of the molecule is CC(=O)NCC1CCN(CC(=O)N2CCN(c3ccccc3F)CC2)CC1. The number of amides is 2. The molecular formula is C20H29FN4O2. The third-order valence-electron chi connectivity index (χ3n) is 5.53. The fraction of sp³-hybridized carbons (Fsp3) is 0.600. The molecule has 0 atom stereocenters. The van der Waals surface area contributed by atoms with Crippen LogP contribution in [-0.4, -0.2) is 74.0 Å². The highest BCUT2D eigenvalue weighted by Crippen LogP contribution is 2.21. The number of piperidine rings is 1. The molecule has 7 heteroatoms. The molecule has 1 aromatic carbocycles. The van der Waals surface area contributed by atoms with Crippen LogP contribution in [0.2, 0.25) is 0 Å². The van der Waals surface area contributed by atoms with Gasteiger partial charge in [-0.25, -0.2) is 4.39 Å². The maximum absolute atomic E-state index is 13.9. The van der Waals surface area contributed by atoms with Crippen LogP contribution in [0, 0.1) is 11.7 Å². The van der Waals surface area contributed by atoms with Gasteiger partial charge in [0.25, 0.3) is 0 Å². The average Bonchev–Trinajstić information content (AvgIpc) is 2.68. The maximum Gasteiger partial charge on any atom is 0.236 e. The van der Waals surface area contributed by atoms with Gasteiger partial charge >= 0.3 is 0 Å². The van der Waals surface area contributed by atoms with Crippen molar-refractivity contribution in [1.82, 2.24) is 15.1 Å². The summed E-state index contributed by atoms with van der Waals surface area (Å²) in [4.78, 5) is 29.7. The standard InChI is InChI=1S/C20H29FN4O2/c1-16(26)22-14-17-6-8-23(9-7-17)15-20(27)25-12-10-24(11-13-25)19-5-3-2-4-18(19)21/h2-5,17H,6-15H2,1H3,(H,22,26). The van der Waals surface area contributed by atoms with Crippen LogP contribution in [0.15, 0.2) is 24.3 Å². The van der Waals surface area contributed by atoms with Crippen molar-refractivity contribution in [2.75, 3.05) is 57.3 Å². The normalized spacial score (nSPS) is 19.2. The van der Waals surface area contributed by atoms with Crippen molar-refractivity contribution in [2.24, 2.45) is 5.92 Å². The fourth-order valence-corrected chi connectivity index (χ4v) is 3.83. The van der Waals surface area contributed by atoms with E-state index in [2.05, 4.69) is 10.2 Å². The van der Waals surface area contributed by atoms with Gasteiger partial charge in [0.15, 0.2) is 0 Å². The number of anilines is 1. The third-order valence-corrected chi connectivity index (χ3v) is 5.53. The first kappa shape index (κ1) is 19.6. The smallest absolute Gasteiger partial charge is 0.236 e. The lowest BCUT2D eigenvalue weighted by Crippen LogP contribution is -2.52. The van der Waals surface area contributed by atoms with E-state index in [0.717, 1.165) is 32.5 Å². The molecule has 0 aromatic heterocycles. The fourth-order valence-electron chi connectivity index (χ4n) is 3.83. The van der Waals surface area contributed by atoms with Crippen molar-refractivity contribution in [3.63, 3.8) is 0 Å². The molecule has 2 saturated heterocycles. The van der Waals surface area contributed by atoms with Gasteiger partial charge in [-0.2, -0.15) is 0 Å². The number of nitrogens with zero attached hydrogens (tertiary/aromatic N) is 3. The molecule has 6 nitrogen and oxygen atoms in total. The number of carbonyl (C=O) groups is 2. The summed E-state index contributed by atoms with van der Waals surface area (Å²) >= 11 is 0. The highest BCUT2D eigenvalue weighted by Gasteiger charge is 2.26. The van der Waals surface area contributed by atoms with E-state index in [1.807, 2.05) is 15.9 Å². The van der Waals surface area contributed by atoms with E-state index in [0.29, 0.717) is 44.3 Å². The molecule has 27 heavy (non-hydrogen) atoms. The summed E-state index contributed by atoms with van der Waals surface area (Å²) in [5, 5.41) is 2.88. The van der Waals surface area contributed by atoms with Crippen molar-refractivity contribution in [3.8, 4) is 0 Å². The summed E-state index contributed by atoms with van der Waals surface area (Å²) in [7, 11) is 0. The number of para-hydroxylation sites is 1. The molecular weight excluding hydrogens is 347 g/mol. The van der Waals surface area contributed by atoms with E-state index in [4.69, 9.17) is 0 Å². The van der Waals surface area contributed by atoms with Crippen molar-refractivity contribution >= 4 is 17.5 Å². The van der Waals surface area contributed by atoms with Crippen molar-refractivity contribution in [2.45, 2.75) is 19.8 Å². The number of benzene rings is 1. The molecule has 2 aliphatic heterocycles. The minimum Gasteiger partial charge on any atom is -0.366 e. The second-order valence-corrected chi connectivity index (χ2v) is 7.48. The zero-order valence-electron chi connectivity index (χ0n) is 16.0. The molecule has 0 radical (unpaired) electrons. The van der Waals surface area contributed by atoms with Gasteiger partial charge in [-0.1, -0.05) is 12.1 Å². The topological polar surface area (TPSA) is 55.9 Å². The van der Waals surface area contributed by atoms with Crippen molar-refractivity contribution in [1.29, 1.82) is 0 Å². The summed E-state index contributed by atoms with van der Waals surface area (Å²) in [6.45, 7) is 7.09. The predicted octanol–water partition coefficient (Wildman–Crippen LogP) is 1.32. The van der Waals surface area contributed by atoms with Crippen molar-refractivity contribution in [3.05, 3.63) is 30.1 Å². The second-order valence-electron chi connectivity index (χ2n) is 7.48. The Balaban J connectivity index is 1.40. The van der Waals surface area contributed by atoms with E-state index in [-0.39, 0.29) is 17.6 Å². The molecule has 2 aliphatic rings. The average molecular weight is 376 g/mol. The number of nitrogens with one attached hydrogen (secondary N) is 1. The molecule has 1 aromatic rings. The summed E-state index contributed by atoms with van der Waals surface area (Å²) in [6.07, 6.45) is 2.02. The summed E-state index contributed by atoms with van der Waals surface area (Å²) < 4.78 is 13.9. The molecule has 3 rings (SSSR count). The van der Waals surface area contributed by atoms with Crippen LogP contribution >= 0.6 is 0 Å². The van der Waals surface area contributed by atoms with Crippen LogP contribution in [0.4, 0.5) is 10.1 Å². The van der Waals surface area contributed by atoms with Gasteiger partial charge < -0.3 is 15.1 Å². The van der Waals surface area contributed by atoms with Crippen molar-refractivity contribution < 1.29 is 14.0 Å². The van der Waals surface area contributed by atoms with Crippen LogP contribution in [0.5, 0.6) is 0 Å². The molecule has 0 saturated carbocycles. The Morgan fingerprint density at radius 3 is 2.37 bits per heavy atom. The second kappa shape index (κ2) is 9.17. The van der Waals surface area contributed by atoms with Gasteiger partial charge in [0, 0.05) is 39.6 Å². The lowest BCUT2D eigenvalue weighted by Gasteiger charge is -2.38. The Bertz CT molecular complexity index is 653. The van der Waals surface area contributed by atoms with Gasteiger partial charge in [0.2, 0.25) is 11.8 Å². The molecule has 0 unspecified atom stereocenters. The molecule has 1 N–H and O–H groups in total. The van der Waals surface area contributed by atoms with E-state index >= 15 is 0 Å². The van der Waals surface area contributed by atoms with Gasteiger partial charge in [0.1, 0.15) is 5.82 Å². The number of halogens is 1. The highest BCUT2D eigenvalue weighted by atomic mass is 19.1. The minimum atomic E-state index is -0.209. The first-order valence-corrected chi connectivity index (χ1v) is 9.77.